The summed E-state index contributed by atoms with van der Waals surface area (Å²) >= 11 is 0. The van der Waals surface area contributed by atoms with Gasteiger partial charge in [-0.1, -0.05) is 6.92 Å². The Morgan fingerprint density at radius 3 is 2.41 bits per heavy atom. The highest BCUT2D eigenvalue weighted by atomic mass is 16.3. The summed E-state index contributed by atoms with van der Waals surface area (Å²) in [5.74, 6) is 1.09. The fourth-order valence-electron chi connectivity index (χ4n) is 2.52. The lowest BCUT2D eigenvalue weighted by Gasteiger charge is -2.23. The van der Waals surface area contributed by atoms with E-state index in [0.717, 1.165) is 37.1 Å². The van der Waals surface area contributed by atoms with Crippen molar-refractivity contribution in [3.8, 4) is 11.5 Å². The van der Waals surface area contributed by atoms with E-state index in [1.165, 1.54) is 18.9 Å². The minimum absolute atomic E-state index is 0.207. The molecule has 3 N–H and O–H groups in total. The van der Waals surface area contributed by atoms with Gasteiger partial charge in [-0.3, -0.25) is 0 Å². The van der Waals surface area contributed by atoms with Crippen LogP contribution >= 0.6 is 0 Å². The Bertz CT molecular complexity index is 384. The second-order valence-corrected chi connectivity index (χ2v) is 4.86. The molecule has 1 aliphatic rings. The zero-order chi connectivity index (χ0) is 12.3. The van der Waals surface area contributed by atoms with Crippen molar-refractivity contribution < 1.29 is 10.2 Å². The van der Waals surface area contributed by atoms with Crippen LogP contribution in [0.1, 0.15) is 30.9 Å². The molecule has 0 unspecified atom stereocenters. The standard InChI is InChI=1S/C14H21NO2/c1-2-11-8-12(14(17)9-13(11)16)7-10-3-5-15-6-4-10/h8-10,15-17H,2-7H2,1H3. The van der Waals surface area contributed by atoms with E-state index in [0.29, 0.717) is 5.92 Å². The second-order valence-electron chi connectivity index (χ2n) is 4.86. The van der Waals surface area contributed by atoms with Crippen molar-refractivity contribution in [1.29, 1.82) is 0 Å². The lowest BCUT2D eigenvalue weighted by Crippen LogP contribution is -2.28. The van der Waals surface area contributed by atoms with Crippen LogP contribution in [0.15, 0.2) is 12.1 Å². The van der Waals surface area contributed by atoms with E-state index >= 15 is 0 Å². The Labute approximate surface area is 102 Å². The van der Waals surface area contributed by atoms with E-state index in [-0.39, 0.29) is 11.5 Å². The normalized spacial score (nSPS) is 17.2. The maximum atomic E-state index is 9.87. The van der Waals surface area contributed by atoms with Crippen LogP contribution in [0.2, 0.25) is 0 Å². The molecule has 1 aromatic rings. The van der Waals surface area contributed by atoms with Gasteiger partial charge in [0, 0.05) is 6.07 Å². The zero-order valence-electron chi connectivity index (χ0n) is 10.4. The van der Waals surface area contributed by atoms with Gasteiger partial charge in [0.05, 0.1) is 0 Å². The third-order valence-electron chi connectivity index (χ3n) is 3.63. The monoisotopic (exact) mass is 235 g/mol. The molecule has 3 nitrogen and oxygen atoms in total. The van der Waals surface area contributed by atoms with Gasteiger partial charge in [-0.05, 0) is 61.9 Å². The average Bonchev–Trinajstić information content (AvgIpc) is 2.34. The SMILES string of the molecule is CCc1cc(CC2CCNCC2)c(O)cc1O. The first-order chi connectivity index (χ1) is 8.20. The predicted octanol–water partition coefficient (Wildman–Crippen LogP) is 2.20. The summed E-state index contributed by atoms with van der Waals surface area (Å²) in [5.41, 5.74) is 1.90. The molecule has 94 valence electrons. The molecule has 0 saturated carbocycles. The van der Waals surface area contributed by atoms with Gasteiger partial charge in [-0.25, -0.2) is 0 Å². The third-order valence-corrected chi connectivity index (χ3v) is 3.63. The molecular formula is C14H21NO2. The third kappa shape index (κ3) is 2.91. The van der Waals surface area contributed by atoms with Crippen molar-refractivity contribution in [2.45, 2.75) is 32.6 Å². The number of rotatable bonds is 3. The van der Waals surface area contributed by atoms with E-state index in [1.807, 2.05) is 13.0 Å². The minimum Gasteiger partial charge on any atom is -0.508 e. The van der Waals surface area contributed by atoms with Gasteiger partial charge in [-0.15, -0.1) is 0 Å². The fourth-order valence-corrected chi connectivity index (χ4v) is 2.52. The number of phenols is 2. The van der Waals surface area contributed by atoms with Crippen LogP contribution in [0.25, 0.3) is 0 Å². The predicted molar refractivity (Wildman–Crippen MR) is 68.4 cm³/mol. The Kier molecular flexibility index (Phi) is 3.89. The van der Waals surface area contributed by atoms with Crippen LogP contribution in [-0.4, -0.2) is 23.3 Å². The van der Waals surface area contributed by atoms with Gasteiger partial charge < -0.3 is 15.5 Å². The quantitative estimate of drug-likeness (QED) is 0.753. The summed E-state index contributed by atoms with van der Waals surface area (Å²) in [6.45, 7) is 4.16. The lowest BCUT2D eigenvalue weighted by molar-refractivity contribution is 0.365. The van der Waals surface area contributed by atoms with Gasteiger partial charge in [0.1, 0.15) is 11.5 Å². The molecule has 0 bridgehead atoms. The molecule has 1 saturated heterocycles. The molecular weight excluding hydrogens is 214 g/mol. The highest BCUT2D eigenvalue weighted by molar-refractivity contribution is 5.45. The lowest BCUT2D eigenvalue weighted by atomic mass is 9.89. The number of phenolic OH excluding ortho intramolecular Hbond substituents is 2. The topological polar surface area (TPSA) is 52.5 Å². The van der Waals surface area contributed by atoms with Crippen LogP contribution in [0.5, 0.6) is 11.5 Å². The Morgan fingerprint density at radius 1 is 1.12 bits per heavy atom. The molecule has 1 aromatic carbocycles. The summed E-state index contributed by atoms with van der Waals surface area (Å²) < 4.78 is 0. The van der Waals surface area contributed by atoms with Crippen molar-refractivity contribution in [3.05, 3.63) is 23.3 Å². The molecule has 0 aromatic heterocycles. The van der Waals surface area contributed by atoms with Gasteiger partial charge in [0.2, 0.25) is 0 Å². The first-order valence-corrected chi connectivity index (χ1v) is 6.45. The molecule has 1 fully saturated rings. The van der Waals surface area contributed by atoms with E-state index in [9.17, 15) is 10.2 Å². The maximum absolute atomic E-state index is 9.87. The molecule has 3 heteroatoms. The molecule has 17 heavy (non-hydrogen) atoms. The number of nitrogens with one attached hydrogen (secondary N) is 1. The molecule has 1 aliphatic heterocycles. The Balaban J connectivity index is 2.13. The summed E-state index contributed by atoms with van der Waals surface area (Å²) in [4.78, 5) is 0. The summed E-state index contributed by atoms with van der Waals surface area (Å²) in [5, 5.41) is 22.9. The summed E-state index contributed by atoms with van der Waals surface area (Å²) in [6, 6.07) is 3.43. The highest BCUT2D eigenvalue weighted by Crippen LogP contribution is 2.30. The first-order valence-electron chi connectivity index (χ1n) is 6.45. The van der Waals surface area contributed by atoms with E-state index < -0.39 is 0 Å². The van der Waals surface area contributed by atoms with Crippen molar-refractivity contribution in [3.63, 3.8) is 0 Å². The van der Waals surface area contributed by atoms with Gasteiger partial charge >= 0.3 is 0 Å². The first kappa shape index (κ1) is 12.2. The molecule has 0 atom stereocenters. The van der Waals surface area contributed by atoms with Crippen molar-refractivity contribution in [1.82, 2.24) is 5.32 Å². The molecule has 0 aliphatic carbocycles. The minimum atomic E-state index is 0.207. The van der Waals surface area contributed by atoms with Crippen LogP contribution in [0.3, 0.4) is 0 Å². The Hall–Kier alpha value is -1.22. The number of hydrogen-bond donors (Lipinski definition) is 3. The van der Waals surface area contributed by atoms with Gasteiger partial charge in [-0.2, -0.15) is 0 Å². The smallest absolute Gasteiger partial charge is 0.122 e. The van der Waals surface area contributed by atoms with Crippen LogP contribution < -0.4 is 5.32 Å². The average molecular weight is 235 g/mol. The van der Waals surface area contributed by atoms with Gasteiger partial charge in [0.25, 0.3) is 0 Å². The van der Waals surface area contributed by atoms with Crippen LogP contribution in [0, 0.1) is 5.92 Å². The molecule has 0 radical (unpaired) electrons. The summed E-state index contributed by atoms with van der Waals surface area (Å²) in [7, 11) is 0. The molecule has 2 rings (SSSR count). The zero-order valence-corrected chi connectivity index (χ0v) is 10.4. The van der Waals surface area contributed by atoms with Gasteiger partial charge in [0.15, 0.2) is 0 Å². The van der Waals surface area contributed by atoms with E-state index in [1.54, 1.807) is 0 Å². The number of aryl methyl sites for hydroxylation is 1. The summed E-state index contributed by atoms with van der Waals surface area (Å²) in [6.07, 6.45) is 4.05. The Morgan fingerprint density at radius 2 is 1.76 bits per heavy atom. The molecule has 0 spiro atoms. The van der Waals surface area contributed by atoms with Crippen LogP contribution in [0.4, 0.5) is 0 Å². The number of benzene rings is 1. The number of hydrogen-bond acceptors (Lipinski definition) is 3. The van der Waals surface area contributed by atoms with Crippen molar-refractivity contribution >= 4 is 0 Å². The fraction of sp³-hybridized carbons (Fsp3) is 0.571. The number of aromatic hydroxyl groups is 2. The van der Waals surface area contributed by atoms with Crippen LogP contribution in [-0.2, 0) is 12.8 Å². The van der Waals surface area contributed by atoms with E-state index in [2.05, 4.69) is 5.32 Å². The maximum Gasteiger partial charge on any atom is 0.122 e. The van der Waals surface area contributed by atoms with Crippen molar-refractivity contribution in [2.24, 2.45) is 5.92 Å². The second kappa shape index (κ2) is 5.41. The largest absolute Gasteiger partial charge is 0.508 e. The highest BCUT2D eigenvalue weighted by Gasteiger charge is 2.16. The molecule has 0 amide bonds. The molecule has 1 heterocycles. The number of piperidine rings is 1. The van der Waals surface area contributed by atoms with E-state index in [4.69, 9.17) is 0 Å². The van der Waals surface area contributed by atoms with Crippen molar-refractivity contribution in [2.75, 3.05) is 13.1 Å².